The molecule has 13 nitrogen and oxygen atoms in total. The maximum absolute atomic E-state index is 14.2. The van der Waals surface area contributed by atoms with Gasteiger partial charge < -0.3 is 33.5 Å². The number of ether oxygens (including phenoxy) is 5. The number of nitrogens with zero attached hydrogens (tertiary/aromatic N) is 2. The third-order valence-corrected chi connectivity index (χ3v) is 10.7. The van der Waals surface area contributed by atoms with Crippen molar-refractivity contribution in [2.45, 2.75) is 99.1 Å². The summed E-state index contributed by atoms with van der Waals surface area (Å²) in [6, 6.07) is -1.07. The number of hydrogen-bond donors (Lipinski definition) is 0. The van der Waals surface area contributed by atoms with Gasteiger partial charge in [0.1, 0.15) is 6.61 Å². The highest BCUT2D eigenvalue weighted by Gasteiger charge is 2.88. The number of Topliss-reactive ketones (excluding diaryl/α,β-unsaturated/α-hetero) is 1. The lowest BCUT2D eigenvalue weighted by Gasteiger charge is -2.40. The van der Waals surface area contributed by atoms with Gasteiger partial charge in [0.15, 0.2) is 33.5 Å². The molecule has 220 valence electrons. The van der Waals surface area contributed by atoms with Crippen LogP contribution in [0.5, 0.6) is 0 Å². The zero-order valence-corrected chi connectivity index (χ0v) is 24.7. The molecule has 4 saturated heterocycles. The molecular formula is C25H31ClN2O11S. The molecule has 0 aromatic carbocycles. The van der Waals surface area contributed by atoms with Crippen molar-refractivity contribution in [1.29, 1.82) is 0 Å². The fourth-order valence-corrected chi connectivity index (χ4v) is 8.98. The van der Waals surface area contributed by atoms with Crippen LogP contribution < -0.4 is 0 Å². The van der Waals surface area contributed by atoms with E-state index in [0.717, 1.165) is 25.6 Å². The van der Waals surface area contributed by atoms with Gasteiger partial charge in [-0.05, 0) is 13.8 Å². The van der Waals surface area contributed by atoms with Crippen molar-refractivity contribution < 1.29 is 52.5 Å². The maximum atomic E-state index is 14.2. The molecule has 4 heterocycles. The van der Waals surface area contributed by atoms with Gasteiger partial charge in [-0.25, -0.2) is 4.79 Å². The molecule has 1 unspecified atom stereocenters. The Hall–Kier alpha value is -2.58. The SMILES string of the molecule is CC(=O)O[C@H]1[C@]2(OC(C)=O)C[C@]34S[C@](COC(=O)OC(C)Cl)(C(=O)N3[C@@H]2C[C@@]12O[C@H](C)C(C)(C)C2=O)N(C)C4=O. The fraction of sp³-hybridized carbons (Fsp3) is 0.760. The van der Waals surface area contributed by atoms with Gasteiger partial charge in [0, 0.05) is 33.7 Å². The first-order chi connectivity index (χ1) is 18.4. The Kier molecular flexibility index (Phi) is 6.30. The first-order valence-corrected chi connectivity index (χ1v) is 14.1. The van der Waals surface area contributed by atoms with E-state index in [1.54, 1.807) is 20.8 Å². The zero-order valence-electron chi connectivity index (χ0n) is 23.1. The maximum Gasteiger partial charge on any atom is 0.509 e. The van der Waals surface area contributed by atoms with Crippen molar-refractivity contribution in [3.8, 4) is 0 Å². The molecule has 2 amide bonds. The zero-order chi connectivity index (χ0) is 29.8. The average molecular weight is 603 g/mol. The van der Waals surface area contributed by atoms with Crippen LogP contribution in [-0.4, -0.2) is 104 Å². The van der Waals surface area contributed by atoms with Crippen molar-refractivity contribution in [3.05, 3.63) is 0 Å². The molecule has 0 aromatic rings. The standard InChI is InChI=1S/C25H31ClN2O11S/c1-11-21(5,6)16(31)22(38-11)8-15-23(39-14(4)30,17(22)37-13(3)29)9-24-18(32)27(7)25(40-24,19(33)28(15)24)10-35-20(34)36-12(2)26/h11-12,15,17H,8-10H2,1-7H3/t11-,12?,15-,17-,22+,23+,24-,25-/m1/s1. The quantitative estimate of drug-likeness (QED) is 0.253. The summed E-state index contributed by atoms with van der Waals surface area (Å²) in [6.07, 6.45) is -3.60. The Labute approximate surface area is 239 Å². The fourth-order valence-electron chi connectivity index (χ4n) is 7.00. The summed E-state index contributed by atoms with van der Waals surface area (Å²) in [7, 11) is 1.41. The number of rotatable bonds is 5. The van der Waals surface area contributed by atoms with E-state index in [-0.39, 0.29) is 18.6 Å². The molecule has 5 aliphatic rings. The van der Waals surface area contributed by atoms with Crippen molar-refractivity contribution in [2.24, 2.45) is 5.41 Å². The predicted octanol–water partition coefficient (Wildman–Crippen LogP) is 1.33. The Morgan fingerprint density at radius 2 is 1.80 bits per heavy atom. The molecule has 5 rings (SSSR count). The number of hydrogen-bond acceptors (Lipinski definition) is 12. The van der Waals surface area contributed by atoms with Crippen LogP contribution in [0.3, 0.4) is 0 Å². The Morgan fingerprint density at radius 1 is 1.15 bits per heavy atom. The van der Waals surface area contributed by atoms with E-state index in [4.69, 9.17) is 35.3 Å². The highest BCUT2D eigenvalue weighted by molar-refractivity contribution is 8.04. The normalized spacial score (nSPS) is 41.3. The minimum atomic E-state index is -1.77. The molecular weight excluding hydrogens is 572 g/mol. The van der Waals surface area contributed by atoms with Crippen molar-refractivity contribution in [1.82, 2.24) is 9.80 Å². The average Bonchev–Trinajstić information content (AvgIpc) is 3.45. The molecule has 15 heteroatoms. The molecule has 5 fully saturated rings. The molecule has 0 radical (unpaired) electrons. The summed E-state index contributed by atoms with van der Waals surface area (Å²) in [5.41, 5.74) is -5.47. The summed E-state index contributed by atoms with van der Waals surface area (Å²) in [6.45, 7) is 8.32. The van der Waals surface area contributed by atoms with E-state index in [1.165, 1.54) is 23.8 Å². The van der Waals surface area contributed by atoms with E-state index >= 15 is 0 Å². The van der Waals surface area contributed by atoms with Gasteiger partial charge in [0.2, 0.25) is 4.87 Å². The van der Waals surface area contributed by atoms with Crippen LogP contribution in [0.25, 0.3) is 0 Å². The largest absolute Gasteiger partial charge is 0.509 e. The van der Waals surface area contributed by atoms with E-state index in [1.807, 2.05) is 0 Å². The van der Waals surface area contributed by atoms with E-state index in [9.17, 15) is 28.8 Å². The van der Waals surface area contributed by atoms with Gasteiger partial charge >= 0.3 is 18.1 Å². The number of esters is 2. The van der Waals surface area contributed by atoms with E-state index in [0.29, 0.717) is 0 Å². The number of likely N-dealkylation sites (N-methyl/N-ethyl adjacent to an activating group) is 1. The predicted molar refractivity (Wildman–Crippen MR) is 136 cm³/mol. The van der Waals surface area contributed by atoms with Crippen molar-refractivity contribution in [3.63, 3.8) is 0 Å². The number of piperazine rings is 1. The highest BCUT2D eigenvalue weighted by atomic mass is 35.5. The smallest absolute Gasteiger partial charge is 0.455 e. The van der Waals surface area contributed by atoms with Gasteiger partial charge in [-0.15, -0.1) is 0 Å². The molecule has 40 heavy (non-hydrogen) atoms. The molecule has 1 aliphatic carbocycles. The van der Waals surface area contributed by atoms with Crippen molar-refractivity contribution in [2.75, 3.05) is 13.7 Å². The Morgan fingerprint density at radius 3 is 2.33 bits per heavy atom. The molecule has 0 N–H and O–H groups in total. The number of carbonyl (C=O) groups is 6. The summed E-state index contributed by atoms with van der Waals surface area (Å²) in [5, 5.41) is 0. The van der Waals surface area contributed by atoms with E-state index in [2.05, 4.69) is 0 Å². The number of alkyl halides is 1. The monoisotopic (exact) mass is 602 g/mol. The van der Waals surface area contributed by atoms with Gasteiger partial charge in [-0.1, -0.05) is 37.2 Å². The first-order valence-electron chi connectivity index (χ1n) is 12.8. The number of amides is 2. The topological polar surface area (TPSA) is 155 Å². The minimum absolute atomic E-state index is 0.182. The molecule has 2 bridgehead atoms. The second-order valence-electron chi connectivity index (χ2n) is 11.5. The molecule has 8 atom stereocenters. The second kappa shape index (κ2) is 8.71. The number of halogens is 1. The van der Waals surface area contributed by atoms with Crippen LogP contribution in [0.4, 0.5) is 4.79 Å². The number of thioether (sulfide) groups is 1. The third-order valence-electron chi connectivity index (χ3n) is 8.85. The van der Waals surface area contributed by atoms with Gasteiger partial charge in [0.25, 0.3) is 11.8 Å². The van der Waals surface area contributed by atoms with Gasteiger partial charge in [-0.2, -0.15) is 0 Å². The summed E-state index contributed by atoms with van der Waals surface area (Å²) >= 11 is 6.63. The van der Waals surface area contributed by atoms with Crippen LogP contribution in [0, 0.1) is 5.41 Å². The molecule has 2 spiro atoms. The van der Waals surface area contributed by atoms with Gasteiger partial charge in [0.05, 0.1) is 17.6 Å². The summed E-state index contributed by atoms with van der Waals surface area (Å²) in [4.78, 5) is 78.3. The number of ketones is 1. The van der Waals surface area contributed by atoms with Crippen LogP contribution >= 0.6 is 23.4 Å². The lowest BCUT2D eigenvalue weighted by atomic mass is 9.76. The van der Waals surface area contributed by atoms with Gasteiger partial charge in [-0.3, -0.25) is 24.0 Å². The van der Waals surface area contributed by atoms with Crippen molar-refractivity contribution >= 4 is 59.1 Å². The Balaban J connectivity index is 1.61. The lowest BCUT2D eigenvalue weighted by molar-refractivity contribution is -0.202. The first kappa shape index (κ1) is 28.9. The highest BCUT2D eigenvalue weighted by Crippen LogP contribution is 2.70. The number of carbonyl (C=O) groups excluding carboxylic acids is 6. The van der Waals surface area contributed by atoms with Crippen LogP contribution in [0.2, 0.25) is 0 Å². The molecule has 0 aromatic heterocycles. The minimum Gasteiger partial charge on any atom is -0.455 e. The second-order valence-corrected chi connectivity index (χ2v) is 13.7. The summed E-state index contributed by atoms with van der Waals surface area (Å²) in [5.74, 6) is -2.96. The van der Waals surface area contributed by atoms with Crippen LogP contribution in [0.15, 0.2) is 0 Å². The third kappa shape index (κ3) is 3.44. The van der Waals surface area contributed by atoms with Crippen LogP contribution in [0.1, 0.15) is 54.4 Å². The molecule has 1 saturated carbocycles. The Bertz CT molecular complexity index is 1240. The summed E-state index contributed by atoms with van der Waals surface area (Å²) < 4.78 is 27.9. The van der Waals surface area contributed by atoms with E-state index < -0.39 is 86.7 Å². The van der Waals surface area contributed by atoms with Crippen LogP contribution in [-0.2, 0) is 47.7 Å². The number of fused-ring (bicyclic) bond motifs is 3. The molecule has 4 aliphatic heterocycles. The lowest BCUT2D eigenvalue weighted by Crippen LogP contribution is -2.65.